The largest absolute Gasteiger partial charge is 0.481 e. The van der Waals surface area contributed by atoms with Crippen LogP contribution in [0.3, 0.4) is 0 Å². The summed E-state index contributed by atoms with van der Waals surface area (Å²) in [5.74, 6) is -1.26. The van der Waals surface area contributed by atoms with E-state index in [0.29, 0.717) is 0 Å². The Morgan fingerprint density at radius 1 is 1.67 bits per heavy atom. The summed E-state index contributed by atoms with van der Waals surface area (Å²) in [4.78, 5) is 13.9. The van der Waals surface area contributed by atoms with Gasteiger partial charge in [-0.05, 0) is 0 Å². The second-order valence-electron chi connectivity index (χ2n) is 2.76. The second kappa shape index (κ2) is 4.39. The molecule has 1 rings (SSSR count). The van der Waals surface area contributed by atoms with E-state index in [9.17, 15) is 13.6 Å². The highest BCUT2D eigenvalue weighted by Crippen LogP contribution is 2.33. The van der Waals surface area contributed by atoms with Crippen LogP contribution in [-0.2, 0) is 11.2 Å². The smallest absolute Gasteiger partial charge is 0.309 e. The Hall–Kier alpha value is -1.43. The Bertz CT molecular complexity index is 398. The van der Waals surface area contributed by atoms with Gasteiger partial charge < -0.3 is 10.8 Å². The lowest BCUT2D eigenvalue weighted by Crippen LogP contribution is -2.08. The molecule has 1 heterocycles. The van der Waals surface area contributed by atoms with E-state index in [1.54, 1.807) is 0 Å². The number of carboxylic acid groups (broad SMARTS) is 1. The molecule has 0 atom stereocenters. The van der Waals surface area contributed by atoms with Gasteiger partial charge in [-0.1, -0.05) is 11.6 Å². The molecule has 0 aliphatic heterocycles. The molecule has 7 heteroatoms. The minimum absolute atomic E-state index is 0.0962. The van der Waals surface area contributed by atoms with Crippen molar-refractivity contribution >= 4 is 23.3 Å². The van der Waals surface area contributed by atoms with Crippen LogP contribution >= 0.6 is 11.6 Å². The molecule has 0 radical (unpaired) electrons. The van der Waals surface area contributed by atoms with Crippen molar-refractivity contribution in [2.75, 3.05) is 5.73 Å². The highest BCUT2D eigenvalue weighted by molar-refractivity contribution is 6.33. The summed E-state index contributed by atoms with van der Waals surface area (Å²) in [7, 11) is 0. The van der Waals surface area contributed by atoms with Crippen molar-refractivity contribution in [2.24, 2.45) is 0 Å². The van der Waals surface area contributed by atoms with Crippen LogP contribution in [0.4, 0.5) is 14.5 Å². The van der Waals surface area contributed by atoms with Gasteiger partial charge in [-0.15, -0.1) is 0 Å². The number of pyridine rings is 1. The third-order valence-electron chi connectivity index (χ3n) is 1.70. The molecule has 0 aliphatic rings. The highest BCUT2D eigenvalue weighted by Gasteiger charge is 2.21. The van der Waals surface area contributed by atoms with E-state index >= 15 is 0 Å². The molecule has 1 aromatic heterocycles. The molecule has 1 aromatic rings. The molecule has 0 fully saturated rings. The molecular formula is C8H7ClF2N2O2. The average Bonchev–Trinajstić information content (AvgIpc) is 2.10. The van der Waals surface area contributed by atoms with Gasteiger partial charge >= 0.3 is 5.97 Å². The van der Waals surface area contributed by atoms with Crippen LogP contribution in [0, 0.1) is 0 Å². The van der Waals surface area contributed by atoms with Crippen LogP contribution in [0.5, 0.6) is 0 Å². The summed E-state index contributed by atoms with van der Waals surface area (Å²) in [6.07, 6.45) is -2.45. The quantitative estimate of drug-likeness (QED) is 0.840. The first kappa shape index (κ1) is 11.6. The predicted octanol–water partition coefficient (Wildman–Crippen LogP) is 1.88. The van der Waals surface area contributed by atoms with Crippen molar-refractivity contribution in [3.8, 4) is 0 Å². The third-order valence-corrected chi connectivity index (χ3v) is 2.12. The van der Waals surface area contributed by atoms with Gasteiger partial charge in [0, 0.05) is 0 Å². The van der Waals surface area contributed by atoms with Gasteiger partial charge in [0.2, 0.25) is 0 Å². The van der Waals surface area contributed by atoms with Crippen molar-refractivity contribution in [3.05, 3.63) is 22.5 Å². The van der Waals surface area contributed by atoms with Crippen molar-refractivity contribution in [2.45, 2.75) is 12.8 Å². The fourth-order valence-electron chi connectivity index (χ4n) is 1.06. The number of nitrogens with zero attached hydrogens (tertiary/aromatic N) is 1. The zero-order valence-corrected chi connectivity index (χ0v) is 8.13. The van der Waals surface area contributed by atoms with E-state index in [1.807, 2.05) is 0 Å². The van der Waals surface area contributed by atoms with Crippen LogP contribution in [0.15, 0.2) is 6.20 Å². The molecule has 3 N–H and O–H groups in total. The number of carboxylic acids is 1. The van der Waals surface area contributed by atoms with Crippen LogP contribution < -0.4 is 5.73 Å². The lowest BCUT2D eigenvalue weighted by molar-refractivity contribution is -0.136. The fraction of sp³-hybridized carbons (Fsp3) is 0.250. The van der Waals surface area contributed by atoms with Crippen LogP contribution in [0.25, 0.3) is 0 Å². The van der Waals surface area contributed by atoms with Gasteiger partial charge in [0.15, 0.2) is 0 Å². The van der Waals surface area contributed by atoms with Gasteiger partial charge in [0.25, 0.3) is 6.43 Å². The standard InChI is InChI=1S/C8H7ClF2N2O2/c9-7-3(12)2-13-4(1-5(14)15)6(7)8(10)11/h2,8H,1,12H2,(H,14,15). The Kier molecular flexibility index (Phi) is 3.41. The van der Waals surface area contributed by atoms with E-state index in [-0.39, 0.29) is 16.4 Å². The maximum Gasteiger partial charge on any atom is 0.309 e. The molecule has 0 spiro atoms. The number of halogens is 3. The molecular weight excluding hydrogens is 230 g/mol. The lowest BCUT2D eigenvalue weighted by Gasteiger charge is -2.09. The second-order valence-corrected chi connectivity index (χ2v) is 3.14. The number of anilines is 1. The Labute approximate surface area is 88.7 Å². The molecule has 15 heavy (non-hydrogen) atoms. The van der Waals surface area contributed by atoms with Gasteiger partial charge in [-0.2, -0.15) is 0 Å². The average molecular weight is 237 g/mol. The molecule has 0 aromatic carbocycles. The van der Waals surface area contributed by atoms with Gasteiger partial charge in [-0.25, -0.2) is 8.78 Å². The van der Waals surface area contributed by atoms with Gasteiger partial charge in [0.1, 0.15) is 0 Å². The number of aromatic nitrogens is 1. The van der Waals surface area contributed by atoms with E-state index in [4.69, 9.17) is 22.4 Å². The minimum atomic E-state index is -2.90. The maximum absolute atomic E-state index is 12.5. The predicted molar refractivity (Wildman–Crippen MR) is 50.0 cm³/mol. The maximum atomic E-state index is 12.5. The SMILES string of the molecule is Nc1cnc(CC(=O)O)c(C(F)F)c1Cl. The number of nitrogen functional groups attached to an aromatic ring is 1. The molecule has 0 amide bonds. The Balaban J connectivity index is 3.26. The minimum Gasteiger partial charge on any atom is -0.481 e. The van der Waals surface area contributed by atoms with Gasteiger partial charge in [0.05, 0.1) is 34.6 Å². The van der Waals surface area contributed by atoms with Crippen LogP contribution in [0.1, 0.15) is 17.7 Å². The first-order valence-corrected chi connectivity index (χ1v) is 4.24. The van der Waals surface area contributed by atoms with E-state index in [1.165, 1.54) is 0 Å². The molecule has 82 valence electrons. The van der Waals surface area contributed by atoms with Crippen LogP contribution in [0.2, 0.25) is 5.02 Å². The molecule has 0 unspecified atom stereocenters. The van der Waals surface area contributed by atoms with Crippen molar-refractivity contribution in [1.82, 2.24) is 4.98 Å². The van der Waals surface area contributed by atoms with E-state index in [0.717, 1.165) is 6.20 Å². The normalized spacial score (nSPS) is 10.7. The molecule has 4 nitrogen and oxygen atoms in total. The fourth-order valence-corrected chi connectivity index (χ4v) is 1.30. The topological polar surface area (TPSA) is 76.2 Å². The monoisotopic (exact) mass is 236 g/mol. The summed E-state index contributed by atoms with van der Waals surface area (Å²) in [6.45, 7) is 0. The van der Waals surface area contributed by atoms with Crippen molar-refractivity contribution < 1.29 is 18.7 Å². The first-order chi connectivity index (χ1) is 6.93. The molecule has 0 saturated heterocycles. The zero-order chi connectivity index (χ0) is 11.6. The van der Waals surface area contributed by atoms with E-state index < -0.39 is 24.4 Å². The number of aliphatic carboxylic acids is 1. The number of nitrogens with two attached hydrogens (primary N) is 1. The summed E-state index contributed by atoms with van der Waals surface area (Å²) >= 11 is 5.54. The number of hydrogen-bond acceptors (Lipinski definition) is 3. The lowest BCUT2D eigenvalue weighted by atomic mass is 10.1. The summed E-state index contributed by atoms with van der Waals surface area (Å²) < 4.78 is 25.1. The molecule has 0 saturated carbocycles. The Morgan fingerprint density at radius 2 is 2.27 bits per heavy atom. The van der Waals surface area contributed by atoms with Crippen molar-refractivity contribution in [3.63, 3.8) is 0 Å². The summed E-state index contributed by atoms with van der Waals surface area (Å²) in [6, 6.07) is 0. The Morgan fingerprint density at radius 3 is 2.73 bits per heavy atom. The number of carbonyl (C=O) groups is 1. The van der Waals surface area contributed by atoms with Gasteiger partial charge in [-0.3, -0.25) is 9.78 Å². The number of hydrogen-bond donors (Lipinski definition) is 2. The highest BCUT2D eigenvalue weighted by atomic mass is 35.5. The number of rotatable bonds is 3. The van der Waals surface area contributed by atoms with Crippen LogP contribution in [-0.4, -0.2) is 16.1 Å². The van der Waals surface area contributed by atoms with E-state index in [2.05, 4.69) is 4.98 Å². The zero-order valence-electron chi connectivity index (χ0n) is 7.38. The molecule has 0 bridgehead atoms. The summed E-state index contributed by atoms with van der Waals surface area (Å²) in [5.41, 5.74) is 4.31. The molecule has 0 aliphatic carbocycles. The first-order valence-electron chi connectivity index (χ1n) is 3.86. The van der Waals surface area contributed by atoms with Crippen molar-refractivity contribution in [1.29, 1.82) is 0 Å². The number of alkyl halides is 2. The summed E-state index contributed by atoms with van der Waals surface area (Å²) in [5, 5.41) is 8.14. The third kappa shape index (κ3) is 2.53.